The van der Waals surface area contributed by atoms with E-state index >= 15 is 0 Å². The summed E-state index contributed by atoms with van der Waals surface area (Å²) in [7, 11) is -2.17. The first-order valence-corrected chi connectivity index (χ1v) is 8.67. The Morgan fingerprint density at radius 2 is 2.04 bits per heavy atom. The minimum absolute atomic E-state index is 0.0275. The normalized spacial score (nSPS) is 11.3. The van der Waals surface area contributed by atoms with Gasteiger partial charge >= 0.3 is 0 Å². The molecule has 130 valence electrons. The lowest BCUT2D eigenvalue weighted by Gasteiger charge is -2.09. The maximum absolute atomic E-state index is 12.2. The number of amides is 1. The zero-order chi connectivity index (χ0) is 17.7. The summed E-state index contributed by atoms with van der Waals surface area (Å²) in [6.07, 6.45) is -0.0275. The van der Waals surface area contributed by atoms with Crippen LogP contribution in [0, 0.1) is 13.8 Å². The predicted octanol–water partition coefficient (Wildman–Crippen LogP) is 1.61. The minimum atomic E-state index is -3.69. The Labute approximate surface area is 140 Å². The number of anilines is 1. The highest BCUT2D eigenvalue weighted by Crippen LogP contribution is 2.21. The van der Waals surface area contributed by atoms with E-state index in [9.17, 15) is 13.2 Å². The smallest absolute Gasteiger partial charge is 0.240 e. The molecule has 0 fully saturated rings. The number of sulfonamides is 1. The van der Waals surface area contributed by atoms with Crippen molar-refractivity contribution in [2.24, 2.45) is 0 Å². The number of rotatable bonds is 7. The monoisotopic (exact) mass is 353 g/mol. The summed E-state index contributed by atoms with van der Waals surface area (Å²) in [6.45, 7) is 3.43. The molecule has 1 aromatic heterocycles. The van der Waals surface area contributed by atoms with Gasteiger partial charge in [0.15, 0.2) is 5.82 Å². The zero-order valence-electron chi connectivity index (χ0n) is 13.6. The van der Waals surface area contributed by atoms with E-state index in [2.05, 4.69) is 15.2 Å². The minimum Gasteiger partial charge on any atom is -0.496 e. The third-order valence-corrected chi connectivity index (χ3v) is 4.67. The summed E-state index contributed by atoms with van der Waals surface area (Å²) in [6, 6.07) is 6.12. The van der Waals surface area contributed by atoms with E-state index in [-0.39, 0.29) is 23.8 Å². The molecule has 1 heterocycles. The number of carbonyl (C=O) groups excluding carboxylic acids is 1. The van der Waals surface area contributed by atoms with Crippen LogP contribution < -0.4 is 14.8 Å². The highest BCUT2D eigenvalue weighted by Gasteiger charge is 2.16. The van der Waals surface area contributed by atoms with Gasteiger partial charge in [0.1, 0.15) is 11.5 Å². The Morgan fingerprint density at radius 1 is 1.29 bits per heavy atom. The fourth-order valence-corrected chi connectivity index (χ4v) is 3.15. The Hall–Kier alpha value is -2.39. The van der Waals surface area contributed by atoms with Gasteiger partial charge in [-0.05, 0) is 37.6 Å². The summed E-state index contributed by atoms with van der Waals surface area (Å²) < 4.78 is 36.7. The van der Waals surface area contributed by atoms with Crippen molar-refractivity contribution in [1.29, 1.82) is 0 Å². The van der Waals surface area contributed by atoms with Crippen molar-refractivity contribution in [3.63, 3.8) is 0 Å². The summed E-state index contributed by atoms with van der Waals surface area (Å²) in [5, 5.41) is 6.15. The van der Waals surface area contributed by atoms with Crippen LogP contribution >= 0.6 is 0 Å². The summed E-state index contributed by atoms with van der Waals surface area (Å²) in [4.78, 5) is 11.9. The average Bonchev–Trinajstić information content (AvgIpc) is 2.92. The lowest BCUT2D eigenvalue weighted by Crippen LogP contribution is -2.28. The van der Waals surface area contributed by atoms with Crippen LogP contribution in [0.25, 0.3) is 0 Å². The third kappa shape index (κ3) is 4.56. The number of nitrogens with one attached hydrogen (secondary N) is 2. The predicted molar refractivity (Wildman–Crippen MR) is 87.4 cm³/mol. The first kappa shape index (κ1) is 18.0. The molecule has 0 aliphatic carbocycles. The van der Waals surface area contributed by atoms with Gasteiger partial charge in [-0.25, -0.2) is 13.1 Å². The van der Waals surface area contributed by atoms with E-state index in [1.165, 1.54) is 19.2 Å². The lowest BCUT2D eigenvalue weighted by atomic mass is 10.2. The second kappa shape index (κ2) is 7.45. The number of carbonyl (C=O) groups is 1. The standard InChI is InChI=1S/C15H19N3O5S/c1-10-8-12(4-5-13(10)22-3)24(20,21)16-7-6-15(19)17-14-9-11(2)23-18-14/h4-5,8-9,16H,6-7H2,1-3H3,(H,17,18,19). The summed E-state index contributed by atoms with van der Waals surface area (Å²) in [5.41, 5.74) is 0.708. The molecule has 0 aliphatic heterocycles. The Kier molecular flexibility index (Phi) is 5.58. The molecule has 0 atom stereocenters. The van der Waals surface area contributed by atoms with Gasteiger partial charge in [0, 0.05) is 19.0 Å². The molecule has 0 saturated carbocycles. The SMILES string of the molecule is COc1ccc(S(=O)(=O)NCCC(=O)Nc2cc(C)on2)cc1C. The van der Waals surface area contributed by atoms with Crippen molar-refractivity contribution in [2.45, 2.75) is 25.2 Å². The van der Waals surface area contributed by atoms with Gasteiger partial charge in [0.25, 0.3) is 0 Å². The van der Waals surface area contributed by atoms with E-state index < -0.39 is 10.0 Å². The zero-order valence-corrected chi connectivity index (χ0v) is 14.4. The molecule has 0 unspecified atom stereocenters. The second-order valence-electron chi connectivity index (χ2n) is 5.15. The van der Waals surface area contributed by atoms with E-state index in [1.807, 2.05) is 0 Å². The van der Waals surface area contributed by atoms with E-state index in [4.69, 9.17) is 9.26 Å². The summed E-state index contributed by atoms with van der Waals surface area (Å²) in [5.74, 6) is 1.11. The molecule has 2 rings (SSSR count). The van der Waals surface area contributed by atoms with Crippen molar-refractivity contribution in [2.75, 3.05) is 19.0 Å². The number of methoxy groups -OCH3 is 1. The van der Waals surface area contributed by atoms with Gasteiger partial charge in [-0.3, -0.25) is 4.79 Å². The molecule has 0 aliphatic rings. The topological polar surface area (TPSA) is 111 Å². The van der Waals surface area contributed by atoms with Gasteiger partial charge in [-0.15, -0.1) is 0 Å². The Balaban J connectivity index is 1.90. The van der Waals surface area contributed by atoms with Gasteiger partial charge in [-0.2, -0.15) is 0 Å². The van der Waals surface area contributed by atoms with Crippen molar-refractivity contribution in [3.8, 4) is 5.75 Å². The fourth-order valence-electron chi connectivity index (χ4n) is 2.03. The molecule has 2 N–H and O–H groups in total. The van der Waals surface area contributed by atoms with Crippen molar-refractivity contribution in [3.05, 3.63) is 35.6 Å². The molecule has 0 radical (unpaired) electrons. The van der Waals surface area contributed by atoms with Crippen LogP contribution in [-0.4, -0.2) is 33.1 Å². The number of aromatic nitrogens is 1. The molecule has 0 spiro atoms. The second-order valence-corrected chi connectivity index (χ2v) is 6.92. The van der Waals surface area contributed by atoms with Gasteiger partial charge in [0.05, 0.1) is 12.0 Å². The van der Waals surface area contributed by atoms with Gasteiger partial charge < -0.3 is 14.6 Å². The number of aryl methyl sites for hydroxylation is 2. The molecule has 0 saturated heterocycles. The third-order valence-electron chi connectivity index (χ3n) is 3.22. The maximum Gasteiger partial charge on any atom is 0.240 e. The molecule has 0 bridgehead atoms. The lowest BCUT2D eigenvalue weighted by molar-refractivity contribution is -0.116. The molecule has 2 aromatic rings. The fraction of sp³-hybridized carbons (Fsp3) is 0.333. The number of hydrogen-bond acceptors (Lipinski definition) is 6. The molecular formula is C15H19N3O5S. The number of ether oxygens (including phenoxy) is 1. The van der Waals surface area contributed by atoms with Crippen LogP contribution in [0.5, 0.6) is 5.75 Å². The molecule has 8 nitrogen and oxygen atoms in total. The van der Waals surface area contributed by atoms with Crippen LogP contribution in [0.1, 0.15) is 17.7 Å². The number of benzene rings is 1. The maximum atomic E-state index is 12.2. The highest BCUT2D eigenvalue weighted by atomic mass is 32.2. The Bertz CT molecular complexity index is 829. The van der Waals surface area contributed by atoms with E-state index in [1.54, 1.807) is 26.0 Å². The van der Waals surface area contributed by atoms with Crippen LogP contribution in [0.4, 0.5) is 5.82 Å². The molecule has 24 heavy (non-hydrogen) atoms. The van der Waals surface area contributed by atoms with Crippen LogP contribution in [-0.2, 0) is 14.8 Å². The highest BCUT2D eigenvalue weighted by molar-refractivity contribution is 7.89. The summed E-state index contributed by atoms with van der Waals surface area (Å²) >= 11 is 0. The average molecular weight is 353 g/mol. The molecule has 9 heteroatoms. The molecule has 1 amide bonds. The van der Waals surface area contributed by atoms with Crippen LogP contribution in [0.2, 0.25) is 0 Å². The van der Waals surface area contributed by atoms with Crippen molar-refractivity contribution < 1.29 is 22.5 Å². The first-order valence-electron chi connectivity index (χ1n) is 7.19. The van der Waals surface area contributed by atoms with Crippen LogP contribution in [0.15, 0.2) is 33.7 Å². The van der Waals surface area contributed by atoms with E-state index in [0.29, 0.717) is 22.9 Å². The van der Waals surface area contributed by atoms with Gasteiger partial charge in [0.2, 0.25) is 15.9 Å². The quantitative estimate of drug-likeness (QED) is 0.782. The van der Waals surface area contributed by atoms with Crippen molar-refractivity contribution >= 4 is 21.7 Å². The van der Waals surface area contributed by atoms with E-state index in [0.717, 1.165) is 0 Å². The van der Waals surface area contributed by atoms with Crippen LogP contribution in [0.3, 0.4) is 0 Å². The largest absolute Gasteiger partial charge is 0.496 e. The van der Waals surface area contributed by atoms with Crippen molar-refractivity contribution in [1.82, 2.24) is 9.88 Å². The number of hydrogen-bond donors (Lipinski definition) is 2. The Morgan fingerprint density at radius 3 is 2.62 bits per heavy atom. The first-order chi connectivity index (χ1) is 11.3. The number of nitrogens with zero attached hydrogens (tertiary/aromatic N) is 1. The molecule has 1 aromatic carbocycles. The van der Waals surface area contributed by atoms with Gasteiger partial charge in [-0.1, -0.05) is 5.16 Å². The molecular weight excluding hydrogens is 334 g/mol.